The van der Waals surface area contributed by atoms with E-state index in [4.69, 9.17) is 15.2 Å². The number of hydrogen-bond donors (Lipinski definition) is 2. The highest BCUT2D eigenvalue weighted by Gasteiger charge is 2.33. The van der Waals surface area contributed by atoms with Crippen molar-refractivity contribution in [1.82, 2.24) is 4.90 Å². The summed E-state index contributed by atoms with van der Waals surface area (Å²) in [6.07, 6.45) is 0.305. The van der Waals surface area contributed by atoms with Crippen LogP contribution in [-0.4, -0.2) is 42.6 Å². The molecule has 0 aromatic heterocycles. The van der Waals surface area contributed by atoms with E-state index >= 15 is 0 Å². The summed E-state index contributed by atoms with van der Waals surface area (Å²) in [5.74, 6) is 2.02. The molecule has 41 heavy (non-hydrogen) atoms. The molecule has 2 aliphatic rings. The number of anilines is 2. The molecule has 0 bridgehead atoms. The van der Waals surface area contributed by atoms with Gasteiger partial charge in [-0.2, -0.15) is 13.2 Å². The summed E-state index contributed by atoms with van der Waals surface area (Å²) in [5, 5.41) is 3.20. The summed E-state index contributed by atoms with van der Waals surface area (Å²) >= 11 is 0. The molecule has 1 aliphatic heterocycles. The maximum atomic E-state index is 13.2. The number of para-hydroxylation sites is 1. The summed E-state index contributed by atoms with van der Waals surface area (Å²) in [4.78, 5) is 14.7. The van der Waals surface area contributed by atoms with Crippen LogP contribution in [0.1, 0.15) is 55.6 Å². The third-order valence-corrected chi connectivity index (χ3v) is 8.02. The van der Waals surface area contributed by atoms with Gasteiger partial charge in [-0.3, -0.25) is 4.79 Å². The molecule has 1 heterocycles. The number of nitrogens with one attached hydrogen (secondary N) is 1. The van der Waals surface area contributed by atoms with Gasteiger partial charge in [0, 0.05) is 30.5 Å². The van der Waals surface area contributed by atoms with E-state index in [1.54, 1.807) is 6.07 Å². The molecule has 0 radical (unpaired) electrons. The van der Waals surface area contributed by atoms with Crippen LogP contribution in [0, 0.1) is 0 Å². The molecule has 1 amide bonds. The average Bonchev–Trinajstić information content (AvgIpc) is 2.98. The zero-order chi connectivity index (χ0) is 28.8. The highest BCUT2D eigenvalue weighted by molar-refractivity contribution is 5.77. The van der Waals surface area contributed by atoms with Crippen molar-refractivity contribution in [1.29, 1.82) is 0 Å². The molecule has 218 valence electrons. The molecule has 5 rings (SSSR count). The minimum atomic E-state index is -4.49. The zero-order valence-electron chi connectivity index (χ0n) is 22.9. The van der Waals surface area contributed by atoms with E-state index in [-0.39, 0.29) is 30.3 Å². The van der Waals surface area contributed by atoms with Gasteiger partial charge in [0.2, 0.25) is 5.91 Å². The van der Waals surface area contributed by atoms with Crippen LogP contribution in [0.2, 0.25) is 0 Å². The van der Waals surface area contributed by atoms with Crippen LogP contribution in [-0.2, 0) is 15.7 Å². The maximum Gasteiger partial charge on any atom is 0.418 e. The Morgan fingerprint density at radius 3 is 2.20 bits per heavy atom. The summed E-state index contributed by atoms with van der Waals surface area (Å²) in [6.45, 7) is 1.46. The lowest BCUT2D eigenvalue weighted by atomic mass is 9.89. The molecule has 2 fully saturated rings. The van der Waals surface area contributed by atoms with E-state index in [9.17, 15) is 18.0 Å². The van der Waals surface area contributed by atoms with Crippen LogP contribution < -0.4 is 15.8 Å². The topological polar surface area (TPSA) is 76.8 Å². The van der Waals surface area contributed by atoms with Crippen molar-refractivity contribution < 1.29 is 27.4 Å². The number of carbonyl (C=O) groups excluding carboxylic acids is 1. The molecular formula is C32H36F3N3O3. The SMILES string of the molecule is Nc1ccc(NC2CCC(OCC(=O)N3CCC(c4ccc(Oc5ccccc5)cc4)CC3)CC2)cc1C(F)(F)F. The maximum absolute atomic E-state index is 13.2. The van der Waals surface area contributed by atoms with Gasteiger partial charge in [0.1, 0.15) is 18.1 Å². The van der Waals surface area contributed by atoms with E-state index < -0.39 is 11.7 Å². The molecule has 0 atom stereocenters. The first-order valence-corrected chi connectivity index (χ1v) is 14.2. The largest absolute Gasteiger partial charge is 0.457 e. The number of likely N-dealkylation sites (tertiary alicyclic amines) is 1. The molecule has 9 heteroatoms. The van der Waals surface area contributed by atoms with E-state index in [1.165, 1.54) is 11.6 Å². The summed E-state index contributed by atoms with van der Waals surface area (Å²) < 4.78 is 51.3. The van der Waals surface area contributed by atoms with Gasteiger partial charge in [0.25, 0.3) is 0 Å². The van der Waals surface area contributed by atoms with Gasteiger partial charge in [-0.25, -0.2) is 0 Å². The number of piperidine rings is 1. The lowest BCUT2D eigenvalue weighted by molar-refractivity contribution is -0.140. The number of nitrogen functional groups attached to an aromatic ring is 1. The van der Waals surface area contributed by atoms with Crippen molar-refractivity contribution in [3.63, 3.8) is 0 Å². The molecule has 3 aromatic carbocycles. The lowest BCUT2D eigenvalue weighted by Gasteiger charge is -2.33. The molecule has 6 nitrogen and oxygen atoms in total. The number of benzene rings is 3. The number of nitrogens with zero attached hydrogens (tertiary/aromatic N) is 1. The van der Waals surface area contributed by atoms with Gasteiger partial charge in [0.15, 0.2) is 0 Å². The molecule has 3 N–H and O–H groups in total. The smallest absolute Gasteiger partial charge is 0.418 e. The monoisotopic (exact) mass is 567 g/mol. The Hall–Kier alpha value is -3.72. The summed E-state index contributed by atoms with van der Waals surface area (Å²) in [6, 6.07) is 21.9. The first-order chi connectivity index (χ1) is 19.7. The van der Waals surface area contributed by atoms with Crippen LogP contribution >= 0.6 is 0 Å². The third-order valence-electron chi connectivity index (χ3n) is 8.02. The number of hydrogen-bond acceptors (Lipinski definition) is 5. The fraction of sp³-hybridized carbons (Fsp3) is 0.406. The molecule has 1 saturated heterocycles. The predicted octanol–water partition coefficient (Wildman–Crippen LogP) is 7.23. The van der Waals surface area contributed by atoms with Gasteiger partial charge < -0.3 is 25.4 Å². The lowest BCUT2D eigenvalue weighted by Crippen LogP contribution is -2.41. The van der Waals surface area contributed by atoms with Crippen molar-refractivity contribution in [2.75, 3.05) is 30.7 Å². The predicted molar refractivity (Wildman–Crippen MR) is 153 cm³/mol. The zero-order valence-corrected chi connectivity index (χ0v) is 22.9. The van der Waals surface area contributed by atoms with Gasteiger partial charge in [0.05, 0.1) is 11.7 Å². The summed E-state index contributed by atoms with van der Waals surface area (Å²) in [5.41, 5.74) is 6.06. The fourth-order valence-corrected chi connectivity index (χ4v) is 5.68. The van der Waals surface area contributed by atoms with E-state index in [0.717, 1.165) is 56.1 Å². The highest BCUT2D eigenvalue weighted by Crippen LogP contribution is 2.36. The van der Waals surface area contributed by atoms with Gasteiger partial charge in [-0.05, 0) is 92.5 Å². The first-order valence-electron chi connectivity index (χ1n) is 14.2. The number of carbonyl (C=O) groups is 1. The van der Waals surface area contributed by atoms with E-state index in [1.807, 2.05) is 47.4 Å². The molecular weight excluding hydrogens is 531 g/mol. The van der Waals surface area contributed by atoms with Gasteiger partial charge in [-0.1, -0.05) is 30.3 Å². The van der Waals surface area contributed by atoms with Gasteiger partial charge in [-0.15, -0.1) is 0 Å². The second-order valence-corrected chi connectivity index (χ2v) is 10.9. The van der Waals surface area contributed by atoms with Crippen molar-refractivity contribution in [3.05, 3.63) is 83.9 Å². The van der Waals surface area contributed by atoms with Crippen molar-refractivity contribution in [2.24, 2.45) is 0 Å². The fourth-order valence-electron chi connectivity index (χ4n) is 5.68. The van der Waals surface area contributed by atoms with Crippen LogP contribution in [0.5, 0.6) is 11.5 Å². The van der Waals surface area contributed by atoms with Crippen molar-refractivity contribution >= 4 is 17.3 Å². The number of alkyl halides is 3. The minimum absolute atomic E-state index is 0.0110. The number of halogens is 3. The Kier molecular flexibility index (Phi) is 9.03. The Morgan fingerprint density at radius 2 is 1.54 bits per heavy atom. The Bertz CT molecular complexity index is 1290. The third kappa shape index (κ3) is 7.73. The second-order valence-electron chi connectivity index (χ2n) is 10.9. The Balaban J connectivity index is 1.01. The quantitative estimate of drug-likeness (QED) is 0.281. The standard InChI is InChI=1S/C32H36F3N3O3/c33-32(34,35)29-20-25(10-15-30(29)36)37-24-8-13-26(14-9-24)40-21-31(39)38-18-16-23(17-19-38)22-6-11-28(12-7-22)41-27-4-2-1-3-5-27/h1-7,10-12,15,20,23-24,26,37H,8-9,13-14,16-19,21,36H2. The molecule has 0 spiro atoms. The second kappa shape index (κ2) is 12.9. The normalized spacial score (nSPS) is 20.0. The Morgan fingerprint density at radius 1 is 0.878 bits per heavy atom. The Labute approximate surface area is 238 Å². The molecule has 0 unspecified atom stereocenters. The van der Waals surface area contributed by atoms with Crippen LogP contribution in [0.3, 0.4) is 0 Å². The molecule has 1 saturated carbocycles. The van der Waals surface area contributed by atoms with Crippen molar-refractivity contribution in [2.45, 2.75) is 62.8 Å². The number of amides is 1. The van der Waals surface area contributed by atoms with Crippen LogP contribution in [0.25, 0.3) is 0 Å². The molecule has 3 aromatic rings. The number of ether oxygens (including phenoxy) is 2. The van der Waals surface area contributed by atoms with E-state index in [0.29, 0.717) is 24.7 Å². The van der Waals surface area contributed by atoms with Gasteiger partial charge >= 0.3 is 6.18 Å². The number of nitrogens with two attached hydrogens (primary N) is 1. The van der Waals surface area contributed by atoms with Crippen LogP contribution in [0.15, 0.2) is 72.8 Å². The number of rotatable bonds is 8. The highest BCUT2D eigenvalue weighted by atomic mass is 19.4. The average molecular weight is 568 g/mol. The van der Waals surface area contributed by atoms with Crippen LogP contribution in [0.4, 0.5) is 24.5 Å². The summed E-state index contributed by atoms with van der Waals surface area (Å²) in [7, 11) is 0. The minimum Gasteiger partial charge on any atom is -0.457 e. The molecule has 1 aliphatic carbocycles. The van der Waals surface area contributed by atoms with Crippen molar-refractivity contribution in [3.8, 4) is 11.5 Å². The van der Waals surface area contributed by atoms with E-state index in [2.05, 4.69) is 17.4 Å². The first kappa shape index (κ1) is 28.8.